The second-order valence-electron chi connectivity index (χ2n) is 23.5. The summed E-state index contributed by atoms with van der Waals surface area (Å²) in [5.41, 5.74) is 39.6. The van der Waals surface area contributed by atoms with Crippen molar-refractivity contribution in [1.29, 1.82) is 0 Å². The lowest BCUT2D eigenvalue weighted by Crippen LogP contribution is -2.11. The average Bonchev–Trinajstić information content (AvgIpc) is 3.53. The molecule has 11 rings (SSSR count). The molecule has 0 atom stereocenters. The maximum atomic E-state index is 2.42. The minimum atomic E-state index is 1.12. The van der Waals surface area contributed by atoms with Gasteiger partial charge in [0.1, 0.15) is 0 Å². The summed E-state index contributed by atoms with van der Waals surface area (Å²) in [7, 11) is 0. The Labute approximate surface area is 489 Å². The van der Waals surface area contributed by atoms with Crippen LogP contribution in [0.3, 0.4) is 0 Å². The summed E-state index contributed by atoms with van der Waals surface area (Å²) in [5.74, 6) is 0. The predicted molar refractivity (Wildman–Crippen MR) is 355 cm³/mol. The Balaban J connectivity index is 0.934. The smallest absolute Gasteiger partial charge is 0.0464 e. The average molecular weight is 1070 g/mol. The Kier molecular flexibility index (Phi) is 15.1. The van der Waals surface area contributed by atoms with Crippen molar-refractivity contribution in [3.05, 3.63) is 284 Å². The van der Waals surface area contributed by atoms with Gasteiger partial charge in [-0.2, -0.15) is 0 Å². The fourth-order valence-electron chi connectivity index (χ4n) is 13.0. The maximum absolute atomic E-state index is 2.42. The van der Waals surface area contributed by atoms with E-state index in [1.165, 1.54) is 145 Å². The van der Waals surface area contributed by atoms with Gasteiger partial charge in [-0.3, -0.25) is 0 Å². The molecule has 0 aliphatic carbocycles. The van der Waals surface area contributed by atoms with E-state index in [4.69, 9.17) is 0 Å². The zero-order valence-electron chi connectivity index (χ0n) is 50.5. The van der Waals surface area contributed by atoms with Crippen LogP contribution in [0.5, 0.6) is 0 Å². The van der Waals surface area contributed by atoms with Gasteiger partial charge >= 0.3 is 0 Å². The van der Waals surface area contributed by atoms with Crippen LogP contribution >= 0.6 is 0 Å². The molecule has 0 heterocycles. The number of aryl methyl sites for hydroxylation is 14. The van der Waals surface area contributed by atoms with Crippen LogP contribution in [-0.4, -0.2) is 0 Å². The first kappa shape index (κ1) is 55.0. The molecule has 0 spiro atoms. The topological polar surface area (TPSA) is 6.48 Å². The van der Waals surface area contributed by atoms with Gasteiger partial charge < -0.3 is 9.80 Å². The predicted octanol–water partition coefficient (Wildman–Crippen LogP) is 22.9. The van der Waals surface area contributed by atoms with Gasteiger partial charge in [-0.1, -0.05) is 156 Å². The van der Waals surface area contributed by atoms with Crippen LogP contribution in [-0.2, 0) is 0 Å². The molecular formula is C80H76N2. The van der Waals surface area contributed by atoms with E-state index in [1.807, 2.05) is 0 Å². The lowest BCUT2D eigenvalue weighted by molar-refractivity contribution is 1.25. The molecule has 0 saturated heterocycles. The zero-order chi connectivity index (χ0) is 57.7. The van der Waals surface area contributed by atoms with Gasteiger partial charge in [0.2, 0.25) is 0 Å². The molecule has 0 aliphatic rings. The molecule has 0 unspecified atom stereocenters. The van der Waals surface area contributed by atoms with Gasteiger partial charge in [-0.25, -0.2) is 0 Å². The van der Waals surface area contributed by atoms with Gasteiger partial charge in [0.25, 0.3) is 0 Å². The molecule has 0 aliphatic heterocycles. The SMILES string of the molecule is Cc1ccc(-c2ccc(N(c3ccc(-c4c(C)cc(C)cc4C)cc3)c3ccc(-c4cc(C)c(-c5ccc(N(c6ccc(-c7c(C)cc(C)cc7C)cc6)c6ccc(-c7ccc(C)cc7)c(C)c6)cc5C)cc4C)c(C)c3)cc2C)cc1. The molecule has 82 heavy (non-hydrogen) atoms. The summed E-state index contributed by atoms with van der Waals surface area (Å²) in [6.07, 6.45) is 0. The number of hydrogen-bond acceptors (Lipinski definition) is 2. The monoisotopic (exact) mass is 1060 g/mol. The van der Waals surface area contributed by atoms with Gasteiger partial charge in [0.05, 0.1) is 0 Å². The van der Waals surface area contributed by atoms with Crippen LogP contribution in [0.2, 0.25) is 0 Å². The quantitative estimate of drug-likeness (QED) is 0.120. The van der Waals surface area contributed by atoms with Crippen molar-refractivity contribution in [3.63, 3.8) is 0 Å². The van der Waals surface area contributed by atoms with E-state index in [0.29, 0.717) is 0 Å². The summed E-state index contributed by atoms with van der Waals surface area (Å²) in [6.45, 7) is 31.1. The molecule has 0 amide bonds. The number of benzene rings is 11. The van der Waals surface area contributed by atoms with Crippen LogP contribution in [0, 0.1) is 96.9 Å². The van der Waals surface area contributed by atoms with Crippen molar-refractivity contribution < 1.29 is 0 Å². The lowest BCUT2D eigenvalue weighted by atomic mass is 9.88. The minimum Gasteiger partial charge on any atom is -0.310 e. The molecule has 0 saturated carbocycles. The fraction of sp³-hybridized carbons (Fsp3) is 0.175. The second-order valence-corrected chi connectivity index (χ2v) is 23.5. The van der Waals surface area contributed by atoms with Crippen LogP contribution in [0.4, 0.5) is 34.1 Å². The molecule has 11 aromatic carbocycles. The Bertz CT molecular complexity index is 3890. The number of rotatable bonds is 12. The first-order chi connectivity index (χ1) is 39.4. The van der Waals surface area contributed by atoms with Crippen LogP contribution in [0.15, 0.2) is 206 Å². The molecule has 0 N–H and O–H groups in total. The lowest BCUT2D eigenvalue weighted by Gasteiger charge is -2.28. The molecule has 0 bridgehead atoms. The van der Waals surface area contributed by atoms with Gasteiger partial charge in [-0.15, -0.1) is 0 Å². The van der Waals surface area contributed by atoms with E-state index < -0.39 is 0 Å². The number of hydrogen-bond donors (Lipinski definition) is 0. The zero-order valence-corrected chi connectivity index (χ0v) is 50.5. The van der Waals surface area contributed by atoms with Crippen LogP contribution in [0.1, 0.15) is 77.9 Å². The van der Waals surface area contributed by atoms with Gasteiger partial charge in [0.15, 0.2) is 0 Å². The van der Waals surface area contributed by atoms with Crippen molar-refractivity contribution in [2.75, 3.05) is 9.80 Å². The molecule has 0 aromatic heterocycles. The molecule has 0 radical (unpaired) electrons. The van der Waals surface area contributed by atoms with Crippen molar-refractivity contribution in [3.8, 4) is 66.8 Å². The normalized spacial score (nSPS) is 11.3. The number of nitrogens with zero attached hydrogens (tertiary/aromatic N) is 2. The molecule has 406 valence electrons. The van der Waals surface area contributed by atoms with Gasteiger partial charge in [0, 0.05) is 34.1 Å². The summed E-state index contributed by atoms with van der Waals surface area (Å²) in [4.78, 5) is 4.83. The number of anilines is 6. The van der Waals surface area contributed by atoms with E-state index in [-0.39, 0.29) is 0 Å². The summed E-state index contributed by atoms with van der Waals surface area (Å²) < 4.78 is 0. The van der Waals surface area contributed by atoms with E-state index in [9.17, 15) is 0 Å². The largest absolute Gasteiger partial charge is 0.310 e. The van der Waals surface area contributed by atoms with Crippen molar-refractivity contribution in [1.82, 2.24) is 0 Å². The summed E-state index contributed by atoms with van der Waals surface area (Å²) >= 11 is 0. The van der Waals surface area contributed by atoms with Crippen molar-refractivity contribution in [2.45, 2.75) is 96.9 Å². The highest BCUT2D eigenvalue weighted by Crippen LogP contribution is 2.44. The third-order valence-corrected chi connectivity index (χ3v) is 16.9. The molecule has 2 nitrogen and oxygen atoms in total. The highest BCUT2D eigenvalue weighted by molar-refractivity contribution is 5.88. The Morgan fingerprint density at radius 2 is 0.415 bits per heavy atom. The Hall–Kier alpha value is -8.98. The van der Waals surface area contributed by atoms with E-state index in [0.717, 1.165) is 34.1 Å². The Morgan fingerprint density at radius 3 is 0.695 bits per heavy atom. The van der Waals surface area contributed by atoms with Crippen LogP contribution < -0.4 is 9.80 Å². The highest BCUT2D eigenvalue weighted by Gasteiger charge is 2.21. The highest BCUT2D eigenvalue weighted by atomic mass is 15.1. The maximum Gasteiger partial charge on any atom is 0.0464 e. The molecule has 11 aromatic rings. The molecular weight excluding hydrogens is 989 g/mol. The minimum absolute atomic E-state index is 1.12. The molecule has 2 heteroatoms. The van der Waals surface area contributed by atoms with Gasteiger partial charge in [-0.05, 0) is 292 Å². The fourth-order valence-corrected chi connectivity index (χ4v) is 13.0. The second kappa shape index (κ2) is 22.5. The van der Waals surface area contributed by atoms with E-state index >= 15 is 0 Å². The summed E-state index contributed by atoms with van der Waals surface area (Å²) in [6, 6.07) is 77.8. The van der Waals surface area contributed by atoms with Crippen molar-refractivity contribution >= 4 is 34.1 Å². The Morgan fingerprint density at radius 1 is 0.171 bits per heavy atom. The van der Waals surface area contributed by atoms with E-state index in [1.54, 1.807) is 0 Å². The third kappa shape index (κ3) is 10.9. The van der Waals surface area contributed by atoms with Crippen molar-refractivity contribution in [2.24, 2.45) is 0 Å². The van der Waals surface area contributed by atoms with Crippen LogP contribution in [0.25, 0.3) is 66.8 Å². The third-order valence-electron chi connectivity index (χ3n) is 16.9. The standard InChI is InChI=1S/C80H76N2/c1-49-15-19-63(20-16-49)73-35-31-69(43-53(73)5)81(67-27-23-65(24-28-67)79-59(11)39-51(3)40-60(79)12)71-33-37-75(55(7)45-71)77-47-58(10)78(48-57(77)9)76-38-34-72(46-56(76)8)82(70-32-36-74(54(6)44-70)64-21-17-50(2)18-22-64)68-29-25-66(26-30-68)80-61(13)41-52(4)42-62(80)14/h15-48H,1-14H3. The summed E-state index contributed by atoms with van der Waals surface area (Å²) in [5, 5.41) is 0. The van der Waals surface area contributed by atoms with E-state index in [2.05, 4.69) is 313 Å². The first-order valence-electron chi connectivity index (χ1n) is 29.0. The first-order valence-corrected chi connectivity index (χ1v) is 29.0. The molecule has 0 fully saturated rings.